The summed E-state index contributed by atoms with van der Waals surface area (Å²) in [5, 5.41) is 2.72. The maximum absolute atomic E-state index is 13.9. The average Bonchev–Trinajstić information content (AvgIpc) is 2.84. The summed E-state index contributed by atoms with van der Waals surface area (Å²) in [5.74, 6) is -0.491. The number of alkyl halides is 2. The zero-order chi connectivity index (χ0) is 24.9. The van der Waals surface area contributed by atoms with Gasteiger partial charge in [0, 0.05) is 24.5 Å². The molecule has 34 heavy (non-hydrogen) atoms. The summed E-state index contributed by atoms with van der Waals surface area (Å²) in [6.45, 7) is 1.01. The van der Waals surface area contributed by atoms with Crippen LogP contribution in [0.4, 0.5) is 14.5 Å². The van der Waals surface area contributed by atoms with Gasteiger partial charge in [0.05, 0.1) is 12.5 Å². The largest absolute Gasteiger partial charge is 0.598 e. The van der Waals surface area contributed by atoms with E-state index < -0.39 is 29.3 Å². The van der Waals surface area contributed by atoms with Crippen molar-refractivity contribution < 1.29 is 27.6 Å². The third-order valence-electron chi connectivity index (χ3n) is 6.32. The molecule has 1 aliphatic rings. The molecule has 3 rings (SSSR count). The van der Waals surface area contributed by atoms with Crippen LogP contribution in [0, 0.1) is 0 Å². The first-order valence-electron chi connectivity index (χ1n) is 11.2. The Morgan fingerprint density at radius 1 is 1.21 bits per heavy atom. The van der Waals surface area contributed by atoms with Gasteiger partial charge in [-0.2, -0.15) is 13.8 Å². The molecular formula is C24H31F2N3O4S. The molecule has 0 spiro atoms. The topological polar surface area (TPSA) is 95.5 Å². The first-order valence-corrected chi connectivity index (χ1v) is 12.4. The normalized spacial score (nSPS) is 21.4. The van der Waals surface area contributed by atoms with Crippen molar-refractivity contribution in [2.24, 2.45) is 0 Å². The van der Waals surface area contributed by atoms with E-state index in [2.05, 4.69) is 33.6 Å². The molecular weight excluding hydrogens is 464 g/mol. The maximum Gasteiger partial charge on any atom is 0.388 e. The van der Waals surface area contributed by atoms with Crippen molar-refractivity contribution in [3.05, 3.63) is 47.5 Å². The zero-order valence-corrected chi connectivity index (χ0v) is 20.6. The van der Waals surface area contributed by atoms with Gasteiger partial charge >= 0.3 is 6.61 Å². The van der Waals surface area contributed by atoms with Crippen LogP contribution in [-0.4, -0.2) is 41.5 Å². The molecule has 2 N–H and O–H groups in total. The number of hydrogen-bond donors (Lipinski definition) is 2. The van der Waals surface area contributed by atoms with Crippen molar-refractivity contribution in [3.63, 3.8) is 0 Å². The van der Waals surface area contributed by atoms with Gasteiger partial charge in [-0.25, -0.2) is 0 Å². The number of carbonyl (C=O) groups excluding carboxylic acids is 1. The van der Waals surface area contributed by atoms with Gasteiger partial charge in [-0.1, -0.05) is 38.1 Å². The van der Waals surface area contributed by atoms with E-state index in [1.165, 1.54) is 19.2 Å². The molecule has 186 valence electrons. The van der Waals surface area contributed by atoms with Crippen molar-refractivity contribution in [1.82, 2.24) is 9.71 Å². The first kappa shape index (κ1) is 26.2. The van der Waals surface area contributed by atoms with Gasteiger partial charge in [-0.15, -0.1) is 4.72 Å². The lowest BCUT2D eigenvalue weighted by Gasteiger charge is -2.40. The van der Waals surface area contributed by atoms with Crippen molar-refractivity contribution in [2.45, 2.75) is 62.7 Å². The molecule has 1 aromatic heterocycles. The summed E-state index contributed by atoms with van der Waals surface area (Å²) in [4.78, 5) is 17.8. The minimum absolute atomic E-state index is 0.0356. The number of nitrogens with zero attached hydrogens (tertiary/aromatic N) is 1. The summed E-state index contributed by atoms with van der Waals surface area (Å²) in [5.41, 5.74) is 1.06. The minimum atomic E-state index is -3.11. The van der Waals surface area contributed by atoms with Crippen molar-refractivity contribution >= 4 is 23.0 Å². The monoisotopic (exact) mass is 495 g/mol. The maximum atomic E-state index is 13.9. The van der Waals surface area contributed by atoms with Crippen LogP contribution in [0.2, 0.25) is 0 Å². The SMILES string of the molecule is CN[S+]([O-])C1CCC(C(=O)Nc2ccc(OC)nc2OC(F)F)(c2ccccc2C(C)C)CC1. The molecule has 1 fully saturated rings. The molecule has 1 saturated carbocycles. The molecule has 1 aliphatic carbocycles. The number of halogens is 2. The van der Waals surface area contributed by atoms with Crippen molar-refractivity contribution in [2.75, 3.05) is 19.5 Å². The Bertz CT molecular complexity index is 984. The van der Waals surface area contributed by atoms with E-state index in [9.17, 15) is 18.1 Å². The fourth-order valence-corrected chi connectivity index (χ4v) is 5.57. The molecule has 1 heterocycles. The Hall–Kier alpha value is -2.43. The molecule has 7 nitrogen and oxygen atoms in total. The molecule has 1 unspecified atom stereocenters. The number of benzene rings is 1. The van der Waals surface area contributed by atoms with E-state index in [-0.39, 0.29) is 28.6 Å². The molecule has 0 radical (unpaired) electrons. The average molecular weight is 496 g/mol. The highest BCUT2D eigenvalue weighted by atomic mass is 32.2. The van der Waals surface area contributed by atoms with Crippen LogP contribution in [-0.2, 0) is 21.6 Å². The summed E-state index contributed by atoms with van der Waals surface area (Å²) in [6, 6.07) is 10.7. The Labute approximate surface area is 201 Å². The predicted octanol–water partition coefficient (Wildman–Crippen LogP) is 4.52. The van der Waals surface area contributed by atoms with E-state index in [4.69, 9.17) is 4.74 Å². The second-order valence-electron chi connectivity index (χ2n) is 8.56. The Kier molecular flexibility index (Phi) is 8.72. The molecule has 1 atom stereocenters. The third-order valence-corrected chi connectivity index (χ3v) is 7.80. The fraction of sp³-hybridized carbons (Fsp3) is 0.500. The number of methoxy groups -OCH3 is 1. The lowest BCUT2D eigenvalue weighted by molar-refractivity contribution is -0.122. The number of amides is 1. The van der Waals surface area contributed by atoms with Crippen LogP contribution in [0.25, 0.3) is 0 Å². The number of ether oxygens (including phenoxy) is 2. The number of nitrogens with one attached hydrogen (secondary N) is 2. The van der Waals surface area contributed by atoms with Crippen molar-refractivity contribution in [1.29, 1.82) is 0 Å². The summed E-state index contributed by atoms with van der Waals surface area (Å²) < 4.78 is 50.7. The van der Waals surface area contributed by atoms with Crippen LogP contribution in [0.15, 0.2) is 36.4 Å². The van der Waals surface area contributed by atoms with Gasteiger partial charge in [0.15, 0.2) is 0 Å². The van der Waals surface area contributed by atoms with E-state index in [0.717, 1.165) is 11.1 Å². The number of hydrogen-bond acceptors (Lipinski definition) is 6. The van der Waals surface area contributed by atoms with E-state index in [1.54, 1.807) is 7.05 Å². The van der Waals surface area contributed by atoms with Gasteiger partial charge in [0.1, 0.15) is 10.9 Å². The van der Waals surface area contributed by atoms with Crippen LogP contribution in [0.1, 0.15) is 56.6 Å². The quantitative estimate of drug-likeness (QED) is 0.497. The Morgan fingerprint density at radius 3 is 2.47 bits per heavy atom. The number of carbonyl (C=O) groups is 1. The Balaban J connectivity index is 2.01. The second kappa shape index (κ2) is 11.3. The third kappa shape index (κ3) is 5.61. The number of anilines is 1. The predicted molar refractivity (Wildman–Crippen MR) is 128 cm³/mol. The molecule has 10 heteroatoms. The molecule has 2 aromatic rings. The van der Waals surface area contributed by atoms with Crippen LogP contribution >= 0.6 is 0 Å². The van der Waals surface area contributed by atoms with Crippen LogP contribution < -0.4 is 19.5 Å². The highest BCUT2D eigenvalue weighted by Gasteiger charge is 2.47. The van der Waals surface area contributed by atoms with E-state index >= 15 is 0 Å². The van der Waals surface area contributed by atoms with Crippen LogP contribution in [0.5, 0.6) is 11.8 Å². The molecule has 1 amide bonds. The minimum Gasteiger partial charge on any atom is -0.598 e. The first-order chi connectivity index (χ1) is 16.2. The fourth-order valence-electron chi connectivity index (χ4n) is 4.57. The smallest absolute Gasteiger partial charge is 0.388 e. The van der Waals surface area contributed by atoms with Gasteiger partial charge in [0.2, 0.25) is 17.7 Å². The van der Waals surface area contributed by atoms with Gasteiger partial charge in [-0.05, 0) is 48.8 Å². The second-order valence-corrected chi connectivity index (χ2v) is 10.2. The molecule has 0 bridgehead atoms. The molecule has 0 saturated heterocycles. The highest BCUT2D eigenvalue weighted by molar-refractivity contribution is 7.90. The summed E-state index contributed by atoms with van der Waals surface area (Å²) >= 11 is -1.19. The Morgan fingerprint density at radius 2 is 1.88 bits per heavy atom. The number of rotatable bonds is 9. The molecule has 1 aromatic carbocycles. The van der Waals surface area contributed by atoms with Crippen LogP contribution in [0.3, 0.4) is 0 Å². The lowest BCUT2D eigenvalue weighted by Crippen LogP contribution is -2.47. The standard InChI is InChI=1S/C24H31F2N3O4S/c1-15(2)17-7-5-6-8-18(17)24(13-11-16(12-14-24)34(31)27-3)22(30)28-19-9-10-20(32-4)29-21(19)33-23(25)26/h5-10,15-16,23,27H,11-14H2,1-4H3,(H,28,30). The van der Waals surface area contributed by atoms with Gasteiger partial charge < -0.3 is 19.3 Å². The van der Waals surface area contributed by atoms with Gasteiger partial charge in [-0.3, -0.25) is 4.79 Å². The summed E-state index contributed by atoms with van der Waals surface area (Å²) in [6.07, 6.45) is 2.09. The zero-order valence-electron chi connectivity index (χ0n) is 19.8. The number of aromatic nitrogens is 1. The van der Waals surface area contributed by atoms with E-state index in [0.29, 0.717) is 25.7 Å². The number of pyridine rings is 1. The highest BCUT2D eigenvalue weighted by Crippen LogP contribution is 2.45. The van der Waals surface area contributed by atoms with Gasteiger partial charge in [0.25, 0.3) is 0 Å². The molecule has 0 aliphatic heterocycles. The summed E-state index contributed by atoms with van der Waals surface area (Å²) in [7, 11) is 3.01. The van der Waals surface area contributed by atoms with Crippen molar-refractivity contribution in [3.8, 4) is 11.8 Å². The lowest BCUT2D eigenvalue weighted by atomic mass is 9.66. The van der Waals surface area contributed by atoms with E-state index in [1.807, 2.05) is 24.3 Å².